The number of halogens is 5. The van der Waals surface area contributed by atoms with E-state index in [1.165, 1.54) is 12.4 Å². The lowest BCUT2D eigenvalue weighted by molar-refractivity contribution is -0.149. The Morgan fingerprint density at radius 2 is 1.79 bits per heavy atom. The molecule has 2 saturated carbocycles. The second-order valence-electron chi connectivity index (χ2n) is 10.8. The molecule has 1 amide bonds. The lowest BCUT2D eigenvalue weighted by Crippen LogP contribution is -2.48. The Morgan fingerprint density at radius 3 is 2.23 bits per heavy atom. The molecule has 2 N–H and O–H groups in total. The van der Waals surface area contributed by atoms with E-state index < -0.39 is 59.5 Å². The predicted molar refractivity (Wildman–Crippen MR) is 141 cm³/mol. The van der Waals surface area contributed by atoms with Crippen molar-refractivity contribution in [3.63, 3.8) is 0 Å². The minimum Gasteiger partial charge on any atom is -0.481 e. The van der Waals surface area contributed by atoms with Crippen molar-refractivity contribution >= 4 is 52.8 Å². The number of amides is 1. The number of carboxylic acids is 1. The Balaban J connectivity index is 1.93. The van der Waals surface area contributed by atoms with Crippen molar-refractivity contribution in [3.8, 4) is 0 Å². The number of aliphatic imine (C=N–C) groups is 1. The van der Waals surface area contributed by atoms with Crippen molar-refractivity contribution in [1.29, 1.82) is 5.41 Å². The van der Waals surface area contributed by atoms with Crippen molar-refractivity contribution in [2.75, 3.05) is 6.54 Å². The second-order valence-corrected chi connectivity index (χ2v) is 11.6. The number of aliphatic carboxylic acids is 1. The summed E-state index contributed by atoms with van der Waals surface area (Å²) in [6.45, 7) is 4.79. The van der Waals surface area contributed by atoms with Gasteiger partial charge in [0.25, 0.3) is 0 Å². The molecule has 0 radical (unpaired) electrons. The number of alkyl halides is 3. The first-order valence-electron chi connectivity index (χ1n) is 12.6. The zero-order valence-electron chi connectivity index (χ0n) is 21.8. The van der Waals surface area contributed by atoms with E-state index in [4.69, 9.17) is 28.6 Å². The maximum Gasteiger partial charge on any atom is 0.430 e. The van der Waals surface area contributed by atoms with E-state index in [0.29, 0.717) is 12.6 Å². The Bertz CT molecular complexity index is 1150. The summed E-state index contributed by atoms with van der Waals surface area (Å²) in [4.78, 5) is 47.1. The van der Waals surface area contributed by atoms with Gasteiger partial charge in [-0.1, -0.05) is 37.0 Å². The molecule has 0 aromatic carbocycles. The van der Waals surface area contributed by atoms with Crippen LogP contribution >= 0.6 is 23.2 Å². The van der Waals surface area contributed by atoms with E-state index in [2.05, 4.69) is 9.98 Å². The van der Waals surface area contributed by atoms with Crippen LogP contribution in [0.2, 0.25) is 10.0 Å². The summed E-state index contributed by atoms with van der Waals surface area (Å²) in [6, 6.07) is -1.35. The summed E-state index contributed by atoms with van der Waals surface area (Å²) in [7, 11) is 0. The fraction of sp³-hybridized carbons (Fsp3) is 0.615. The number of nitrogens with zero attached hydrogens (tertiary/aromatic N) is 3. The minimum atomic E-state index is -5.03. The van der Waals surface area contributed by atoms with Crippen LogP contribution in [-0.2, 0) is 9.59 Å². The Morgan fingerprint density at radius 1 is 1.23 bits per heavy atom. The highest BCUT2D eigenvalue weighted by atomic mass is 35.5. The molecule has 3 unspecified atom stereocenters. The van der Waals surface area contributed by atoms with E-state index in [9.17, 15) is 32.7 Å². The molecule has 1 aromatic rings. The maximum absolute atomic E-state index is 14.3. The van der Waals surface area contributed by atoms with Gasteiger partial charge in [0.1, 0.15) is 11.6 Å². The first-order chi connectivity index (χ1) is 18.1. The van der Waals surface area contributed by atoms with Crippen molar-refractivity contribution in [1.82, 2.24) is 9.88 Å². The van der Waals surface area contributed by atoms with Crippen LogP contribution in [0.1, 0.15) is 63.2 Å². The van der Waals surface area contributed by atoms with Gasteiger partial charge in [-0.25, -0.2) is 0 Å². The zero-order valence-corrected chi connectivity index (χ0v) is 23.3. The fourth-order valence-corrected chi connectivity index (χ4v) is 5.68. The Kier molecular flexibility index (Phi) is 9.47. The number of pyridine rings is 1. The molecule has 214 valence electrons. The van der Waals surface area contributed by atoms with Crippen LogP contribution < -0.4 is 0 Å². The third kappa shape index (κ3) is 6.98. The number of aromatic nitrogens is 1. The molecule has 1 aromatic heterocycles. The van der Waals surface area contributed by atoms with Crippen molar-refractivity contribution in [2.45, 2.75) is 71.1 Å². The summed E-state index contributed by atoms with van der Waals surface area (Å²) in [5.41, 5.74) is -2.57. The van der Waals surface area contributed by atoms with Crippen LogP contribution in [0.5, 0.6) is 0 Å². The van der Waals surface area contributed by atoms with E-state index in [1.54, 1.807) is 6.92 Å². The molecule has 3 rings (SSSR count). The van der Waals surface area contributed by atoms with E-state index in [0.717, 1.165) is 4.90 Å². The van der Waals surface area contributed by atoms with E-state index in [1.807, 2.05) is 13.8 Å². The van der Waals surface area contributed by atoms with Gasteiger partial charge in [0.2, 0.25) is 5.91 Å². The SMILES string of the molecule is CC(C)C1CC1N(CC(=O)c1c(Cl)cncc1Cl)C(=O)C(C=N)C(=NC1CCC(C)(C(=O)O)CC1)C(F)(F)F. The number of Topliss-reactive ketones (excluding diaryl/α,β-unsaturated/α-hetero) is 1. The number of hydrogen-bond acceptors (Lipinski definition) is 6. The number of hydrogen-bond donors (Lipinski definition) is 2. The molecule has 13 heteroatoms. The number of carbonyl (C=O) groups excluding carboxylic acids is 2. The first kappa shape index (κ1) is 31.0. The first-order valence-corrected chi connectivity index (χ1v) is 13.4. The fourth-order valence-electron chi connectivity index (χ4n) is 5.10. The highest BCUT2D eigenvalue weighted by Gasteiger charge is 2.51. The molecule has 0 saturated heterocycles. The van der Waals surface area contributed by atoms with Gasteiger partial charge in [-0.15, -0.1) is 0 Å². The monoisotopic (exact) mass is 590 g/mol. The average molecular weight is 591 g/mol. The third-order valence-corrected chi connectivity index (χ3v) is 8.28. The summed E-state index contributed by atoms with van der Waals surface area (Å²) in [6.07, 6.45) is -1.26. The van der Waals surface area contributed by atoms with Gasteiger partial charge in [-0.3, -0.25) is 24.4 Å². The molecule has 0 aliphatic heterocycles. The summed E-state index contributed by atoms with van der Waals surface area (Å²) in [5, 5.41) is 17.1. The number of carboxylic acid groups (broad SMARTS) is 1. The highest BCUT2D eigenvalue weighted by Crippen LogP contribution is 2.43. The molecule has 1 heterocycles. The smallest absolute Gasteiger partial charge is 0.430 e. The van der Waals surface area contributed by atoms with Gasteiger partial charge in [-0.05, 0) is 50.9 Å². The van der Waals surface area contributed by atoms with Crippen molar-refractivity contribution in [2.24, 2.45) is 28.2 Å². The van der Waals surface area contributed by atoms with Gasteiger partial charge < -0.3 is 15.4 Å². The van der Waals surface area contributed by atoms with Crippen LogP contribution in [0.15, 0.2) is 17.4 Å². The standard InChI is InChI=1S/C26H31Cl2F3N4O4/c1-13(2)15-8-19(15)35(12-20(36)21-17(27)10-33-11-18(21)28)23(37)16(9-32)22(26(29,30)31)34-14-4-6-25(3,7-5-14)24(38)39/h9-11,13-16,19,32H,4-8,12H2,1-3H3,(H,38,39). The minimum absolute atomic E-state index is 0.0326. The second kappa shape index (κ2) is 11.9. The van der Waals surface area contributed by atoms with E-state index >= 15 is 0 Å². The maximum atomic E-state index is 14.3. The van der Waals surface area contributed by atoms with Crippen molar-refractivity contribution < 1.29 is 32.7 Å². The van der Waals surface area contributed by atoms with Crippen molar-refractivity contribution in [3.05, 3.63) is 28.0 Å². The predicted octanol–water partition coefficient (Wildman–Crippen LogP) is 5.75. The Hall–Kier alpha value is -2.53. The molecular weight excluding hydrogens is 560 g/mol. The summed E-state index contributed by atoms with van der Waals surface area (Å²) < 4.78 is 42.8. The van der Waals surface area contributed by atoms with Crippen LogP contribution in [-0.4, -0.2) is 69.4 Å². The Labute approximate surface area is 234 Å². The molecule has 0 bridgehead atoms. The van der Waals surface area contributed by atoms with E-state index in [-0.39, 0.29) is 53.1 Å². The molecule has 2 aliphatic carbocycles. The molecule has 2 fully saturated rings. The van der Waals surface area contributed by atoms with Gasteiger partial charge in [-0.2, -0.15) is 13.2 Å². The molecule has 8 nitrogen and oxygen atoms in total. The highest BCUT2D eigenvalue weighted by molar-refractivity contribution is 6.39. The lowest BCUT2D eigenvalue weighted by atomic mass is 9.74. The summed E-state index contributed by atoms with van der Waals surface area (Å²) >= 11 is 12.2. The molecule has 0 spiro atoms. The third-order valence-electron chi connectivity index (χ3n) is 7.71. The van der Waals surface area contributed by atoms with Gasteiger partial charge in [0.15, 0.2) is 5.78 Å². The zero-order chi connectivity index (χ0) is 29.3. The van der Waals surface area contributed by atoms with Gasteiger partial charge in [0, 0.05) is 24.7 Å². The molecule has 2 aliphatic rings. The number of rotatable bonds is 10. The molecule has 39 heavy (non-hydrogen) atoms. The average Bonchev–Trinajstić information content (AvgIpc) is 3.64. The number of nitrogens with one attached hydrogen (secondary N) is 1. The number of carbonyl (C=O) groups is 3. The van der Waals surface area contributed by atoms with Gasteiger partial charge >= 0.3 is 12.1 Å². The number of ketones is 1. The topological polar surface area (TPSA) is 124 Å². The molecular formula is C26H31Cl2F3N4O4. The normalized spacial score (nSPS) is 26.2. The molecule has 3 atom stereocenters. The van der Waals surface area contributed by atoms with Crippen LogP contribution in [0.3, 0.4) is 0 Å². The van der Waals surface area contributed by atoms with Gasteiger partial charge in [0.05, 0.1) is 33.6 Å². The lowest BCUT2D eigenvalue weighted by Gasteiger charge is -2.33. The van der Waals surface area contributed by atoms with Crippen LogP contribution in [0.25, 0.3) is 0 Å². The summed E-state index contributed by atoms with van der Waals surface area (Å²) in [5.74, 6) is -4.74. The van der Waals surface area contributed by atoms with Crippen LogP contribution in [0, 0.1) is 28.6 Å². The largest absolute Gasteiger partial charge is 0.481 e. The quantitative estimate of drug-likeness (QED) is 0.265. The van der Waals surface area contributed by atoms with Crippen LogP contribution in [0.4, 0.5) is 13.2 Å².